The predicted molar refractivity (Wildman–Crippen MR) is 100 cm³/mol. The van der Waals surface area contributed by atoms with Gasteiger partial charge >= 0.3 is 0 Å². The molecular formula is C18H27N5O. The van der Waals surface area contributed by atoms with Gasteiger partial charge in [-0.05, 0) is 50.8 Å². The summed E-state index contributed by atoms with van der Waals surface area (Å²) in [7, 11) is 5.92. The van der Waals surface area contributed by atoms with Crippen LogP contribution in [-0.4, -0.2) is 64.9 Å². The van der Waals surface area contributed by atoms with E-state index in [2.05, 4.69) is 19.9 Å². The first-order valence-electron chi connectivity index (χ1n) is 8.07. The standard InChI is InChI=1S/C18H23N5O.2H2/c1-22(2)9-4-10-23(3)18(24)16-11-13(12-21-16)14-5-7-19-17-15(14)6-8-20-17;;/h5-8,11-12,21H,4,9-10H2,1-3H3,(H,19,20);2*1H. The van der Waals surface area contributed by atoms with Gasteiger partial charge in [-0.2, -0.15) is 0 Å². The van der Waals surface area contributed by atoms with Crippen molar-refractivity contribution < 1.29 is 7.65 Å². The number of carbonyl (C=O) groups excluding carboxylic acids is 1. The minimum absolute atomic E-state index is 0. The van der Waals surface area contributed by atoms with Crippen molar-refractivity contribution in [2.45, 2.75) is 6.42 Å². The van der Waals surface area contributed by atoms with Gasteiger partial charge in [0.25, 0.3) is 5.91 Å². The Balaban J connectivity index is 0.00000169. The van der Waals surface area contributed by atoms with Crippen LogP contribution < -0.4 is 0 Å². The highest BCUT2D eigenvalue weighted by Crippen LogP contribution is 2.27. The van der Waals surface area contributed by atoms with E-state index in [4.69, 9.17) is 0 Å². The van der Waals surface area contributed by atoms with E-state index in [9.17, 15) is 4.79 Å². The minimum Gasteiger partial charge on any atom is -0.357 e. The minimum atomic E-state index is 0. The van der Waals surface area contributed by atoms with E-state index in [0.717, 1.165) is 41.7 Å². The van der Waals surface area contributed by atoms with Crippen LogP contribution in [0.5, 0.6) is 0 Å². The quantitative estimate of drug-likeness (QED) is 0.730. The fourth-order valence-corrected chi connectivity index (χ4v) is 2.82. The van der Waals surface area contributed by atoms with E-state index >= 15 is 0 Å². The summed E-state index contributed by atoms with van der Waals surface area (Å²) in [6.07, 6.45) is 6.48. The molecule has 3 heterocycles. The summed E-state index contributed by atoms with van der Waals surface area (Å²) in [6.45, 7) is 1.71. The van der Waals surface area contributed by atoms with Crippen LogP contribution >= 0.6 is 0 Å². The van der Waals surface area contributed by atoms with E-state index in [-0.39, 0.29) is 8.76 Å². The van der Waals surface area contributed by atoms with Gasteiger partial charge in [0.05, 0.1) is 0 Å². The molecule has 1 amide bonds. The Morgan fingerprint density at radius 2 is 2.04 bits per heavy atom. The third-order valence-corrected chi connectivity index (χ3v) is 4.13. The Kier molecular flexibility index (Phi) is 4.66. The van der Waals surface area contributed by atoms with Crippen LogP contribution in [0.4, 0.5) is 0 Å². The molecule has 24 heavy (non-hydrogen) atoms. The fraction of sp³-hybridized carbons (Fsp3) is 0.333. The van der Waals surface area contributed by atoms with E-state index in [1.165, 1.54) is 0 Å². The van der Waals surface area contributed by atoms with Gasteiger partial charge in [0.2, 0.25) is 0 Å². The second-order valence-corrected chi connectivity index (χ2v) is 6.28. The van der Waals surface area contributed by atoms with E-state index < -0.39 is 0 Å². The van der Waals surface area contributed by atoms with Gasteiger partial charge in [0, 0.05) is 46.0 Å². The average Bonchev–Trinajstić information content (AvgIpc) is 3.22. The zero-order valence-corrected chi connectivity index (χ0v) is 14.3. The maximum atomic E-state index is 12.5. The van der Waals surface area contributed by atoms with Crippen molar-refractivity contribution in [2.24, 2.45) is 0 Å². The van der Waals surface area contributed by atoms with Crippen LogP contribution in [0.2, 0.25) is 0 Å². The maximum Gasteiger partial charge on any atom is 0.270 e. The van der Waals surface area contributed by atoms with Crippen molar-refractivity contribution in [3.05, 3.63) is 42.5 Å². The van der Waals surface area contributed by atoms with Gasteiger partial charge in [-0.25, -0.2) is 4.98 Å². The van der Waals surface area contributed by atoms with Crippen LogP contribution in [0.25, 0.3) is 22.2 Å². The van der Waals surface area contributed by atoms with Crippen molar-refractivity contribution in [2.75, 3.05) is 34.2 Å². The molecule has 0 saturated heterocycles. The molecule has 6 nitrogen and oxygen atoms in total. The molecule has 0 fully saturated rings. The van der Waals surface area contributed by atoms with Crippen LogP contribution in [0.3, 0.4) is 0 Å². The Hall–Kier alpha value is -2.60. The summed E-state index contributed by atoms with van der Waals surface area (Å²) in [5.74, 6) is 0.0133. The van der Waals surface area contributed by atoms with Crippen molar-refractivity contribution in [1.29, 1.82) is 0 Å². The van der Waals surface area contributed by atoms with Gasteiger partial charge in [-0.3, -0.25) is 4.79 Å². The number of pyridine rings is 1. The lowest BCUT2D eigenvalue weighted by molar-refractivity contribution is 0.0785. The summed E-state index contributed by atoms with van der Waals surface area (Å²) in [5.41, 5.74) is 3.51. The first-order chi connectivity index (χ1) is 11.6. The van der Waals surface area contributed by atoms with Crippen LogP contribution in [-0.2, 0) is 0 Å². The average molecular weight is 329 g/mol. The molecule has 3 aromatic rings. The van der Waals surface area contributed by atoms with Crippen molar-refractivity contribution in [1.82, 2.24) is 24.8 Å². The first kappa shape index (κ1) is 16.3. The first-order valence-corrected chi connectivity index (χ1v) is 8.07. The van der Waals surface area contributed by atoms with E-state index in [1.807, 2.05) is 51.7 Å². The second-order valence-electron chi connectivity index (χ2n) is 6.28. The molecule has 0 aliphatic carbocycles. The number of nitrogens with one attached hydrogen (secondary N) is 2. The highest BCUT2D eigenvalue weighted by molar-refractivity contribution is 5.97. The molecule has 3 rings (SSSR count). The zero-order chi connectivity index (χ0) is 17.1. The second kappa shape index (κ2) is 6.88. The number of hydrogen-bond donors (Lipinski definition) is 2. The third kappa shape index (κ3) is 3.33. The number of amides is 1. The molecule has 0 radical (unpaired) electrons. The van der Waals surface area contributed by atoms with Gasteiger partial charge in [0.1, 0.15) is 11.3 Å². The molecule has 0 unspecified atom stereocenters. The smallest absolute Gasteiger partial charge is 0.270 e. The molecule has 0 aromatic carbocycles. The number of rotatable bonds is 6. The summed E-state index contributed by atoms with van der Waals surface area (Å²) >= 11 is 0. The molecule has 0 bridgehead atoms. The molecule has 6 heteroatoms. The number of fused-ring (bicyclic) bond motifs is 1. The highest BCUT2D eigenvalue weighted by Gasteiger charge is 2.15. The van der Waals surface area contributed by atoms with E-state index in [0.29, 0.717) is 5.69 Å². The van der Waals surface area contributed by atoms with E-state index in [1.54, 1.807) is 11.1 Å². The summed E-state index contributed by atoms with van der Waals surface area (Å²) in [5, 5.41) is 1.05. The Morgan fingerprint density at radius 3 is 2.83 bits per heavy atom. The number of aromatic nitrogens is 3. The van der Waals surface area contributed by atoms with Gasteiger partial charge in [-0.1, -0.05) is 0 Å². The molecular weight excluding hydrogens is 302 g/mol. The molecule has 0 aliphatic heterocycles. The van der Waals surface area contributed by atoms with Gasteiger partial charge in [-0.15, -0.1) is 0 Å². The lowest BCUT2D eigenvalue weighted by Crippen LogP contribution is -2.29. The lowest BCUT2D eigenvalue weighted by atomic mass is 10.1. The molecule has 130 valence electrons. The molecule has 0 spiro atoms. The van der Waals surface area contributed by atoms with Crippen LogP contribution in [0.15, 0.2) is 36.8 Å². The SMILES string of the molecule is CN(C)CCCN(C)C(=O)c1cc(-c2ccnc3[nH]ccc23)c[nH]1.[HH].[HH]. The van der Waals surface area contributed by atoms with Gasteiger partial charge in [0.15, 0.2) is 0 Å². The Bertz CT molecular complexity index is 843. The topological polar surface area (TPSA) is 68.0 Å². The molecule has 2 N–H and O–H groups in total. The maximum absolute atomic E-state index is 12.5. The fourth-order valence-electron chi connectivity index (χ4n) is 2.82. The third-order valence-electron chi connectivity index (χ3n) is 4.13. The normalized spacial score (nSPS) is 11.3. The van der Waals surface area contributed by atoms with Crippen molar-refractivity contribution in [3.8, 4) is 11.1 Å². The number of aromatic amines is 2. The van der Waals surface area contributed by atoms with Crippen LogP contribution in [0, 0.1) is 0 Å². The molecule has 3 aromatic heterocycles. The summed E-state index contributed by atoms with van der Waals surface area (Å²) in [6, 6.07) is 5.88. The Labute approximate surface area is 144 Å². The Morgan fingerprint density at radius 1 is 1.21 bits per heavy atom. The van der Waals surface area contributed by atoms with Crippen molar-refractivity contribution >= 4 is 16.9 Å². The monoisotopic (exact) mass is 329 g/mol. The van der Waals surface area contributed by atoms with Crippen molar-refractivity contribution in [3.63, 3.8) is 0 Å². The highest BCUT2D eigenvalue weighted by atomic mass is 16.2. The number of carbonyl (C=O) groups is 1. The summed E-state index contributed by atoms with van der Waals surface area (Å²) in [4.78, 5) is 26.9. The molecule has 0 aliphatic rings. The molecule has 0 saturated carbocycles. The van der Waals surface area contributed by atoms with Gasteiger partial charge < -0.3 is 19.8 Å². The number of nitrogens with zero attached hydrogens (tertiary/aromatic N) is 3. The summed E-state index contributed by atoms with van der Waals surface area (Å²) < 4.78 is 0. The zero-order valence-electron chi connectivity index (χ0n) is 14.3. The van der Waals surface area contributed by atoms with Crippen LogP contribution in [0.1, 0.15) is 19.8 Å². The lowest BCUT2D eigenvalue weighted by Gasteiger charge is -2.17. The molecule has 0 atom stereocenters. The number of H-pyrrole nitrogens is 2. The largest absolute Gasteiger partial charge is 0.357 e. The predicted octanol–water partition coefficient (Wildman–Crippen LogP) is 3.07. The number of hydrogen-bond acceptors (Lipinski definition) is 3.